The Morgan fingerprint density at radius 3 is 2.63 bits per heavy atom. The van der Waals surface area contributed by atoms with E-state index in [4.69, 9.17) is 15.2 Å². The smallest absolute Gasteiger partial charge is 0.145 e. The predicted octanol–water partition coefficient (Wildman–Crippen LogP) is 5.52. The fourth-order valence-electron chi connectivity index (χ4n) is 3.61. The molecule has 0 aliphatic rings. The maximum absolute atomic E-state index is 9.10. The Balaban J connectivity index is 1.68. The molecule has 2 aromatic carbocycles. The number of nitrogens with zero attached hydrogens (tertiary/aromatic N) is 4. The van der Waals surface area contributed by atoms with Crippen LogP contribution in [0.15, 0.2) is 48.5 Å². The van der Waals surface area contributed by atoms with E-state index in [-0.39, 0.29) is 0 Å². The van der Waals surface area contributed by atoms with Crippen LogP contribution in [0.25, 0.3) is 10.9 Å². The second-order valence-corrected chi connectivity index (χ2v) is 7.83. The number of nitriles is 1. The minimum absolute atomic E-state index is 0.646. The van der Waals surface area contributed by atoms with E-state index in [9.17, 15) is 0 Å². The molecule has 0 bridgehead atoms. The van der Waals surface area contributed by atoms with Crippen molar-refractivity contribution in [2.45, 2.75) is 52.1 Å². The Labute approximate surface area is 179 Å². The topological polar surface area (TPSA) is 64.8 Å². The van der Waals surface area contributed by atoms with Crippen LogP contribution in [0.5, 0.6) is 0 Å². The molecule has 3 rings (SSSR count). The van der Waals surface area contributed by atoms with Gasteiger partial charge in [-0.15, -0.1) is 0 Å². The highest BCUT2D eigenvalue weighted by Crippen LogP contribution is 2.21. The van der Waals surface area contributed by atoms with Crippen LogP contribution >= 0.6 is 0 Å². The molecule has 0 aliphatic carbocycles. The third-order valence-electron chi connectivity index (χ3n) is 5.14. The second-order valence-electron chi connectivity index (χ2n) is 7.83. The molecule has 5 nitrogen and oxygen atoms in total. The Bertz CT molecular complexity index is 992. The van der Waals surface area contributed by atoms with E-state index in [2.05, 4.69) is 36.3 Å². The van der Waals surface area contributed by atoms with Gasteiger partial charge in [-0.1, -0.05) is 56.9 Å². The predicted molar refractivity (Wildman–Crippen MR) is 123 cm³/mol. The van der Waals surface area contributed by atoms with Gasteiger partial charge in [0.25, 0.3) is 0 Å². The summed E-state index contributed by atoms with van der Waals surface area (Å²) in [7, 11) is 2.05. The lowest BCUT2D eigenvalue weighted by molar-refractivity contribution is 0.311. The van der Waals surface area contributed by atoms with Gasteiger partial charge in [0.05, 0.1) is 23.7 Å². The molecule has 30 heavy (non-hydrogen) atoms. The van der Waals surface area contributed by atoms with Crippen molar-refractivity contribution in [1.82, 2.24) is 14.9 Å². The Hall–Kier alpha value is -2.97. The molecule has 0 radical (unpaired) electrons. The van der Waals surface area contributed by atoms with E-state index in [1.165, 1.54) is 25.7 Å². The second kappa shape index (κ2) is 11.3. The fourth-order valence-corrected chi connectivity index (χ4v) is 3.61. The lowest BCUT2D eigenvalue weighted by Crippen LogP contribution is -2.19. The van der Waals surface area contributed by atoms with Crippen LogP contribution in [-0.4, -0.2) is 28.5 Å². The fraction of sp³-hybridized carbons (Fsp3) is 0.400. The summed E-state index contributed by atoms with van der Waals surface area (Å²) >= 11 is 0. The quantitative estimate of drug-likeness (QED) is 0.429. The summed E-state index contributed by atoms with van der Waals surface area (Å²) in [5.41, 5.74) is 2.77. The van der Waals surface area contributed by atoms with Gasteiger partial charge in [0.1, 0.15) is 11.6 Å². The monoisotopic (exact) mass is 401 g/mol. The van der Waals surface area contributed by atoms with E-state index < -0.39 is 0 Å². The molecule has 0 amide bonds. The number of aromatic nitrogens is 2. The normalized spacial score (nSPS) is 11.0. The van der Waals surface area contributed by atoms with Crippen molar-refractivity contribution >= 4 is 16.7 Å². The van der Waals surface area contributed by atoms with Crippen LogP contribution < -0.4 is 5.32 Å². The van der Waals surface area contributed by atoms with Gasteiger partial charge in [-0.3, -0.25) is 4.90 Å². The van der Waals surface area contributed by atoms with Crippen molar-refractivity contribution < 1.29 is 0 Å². The molecule has 0 fully saturated rings. The molecular weight excluding hydrogens is 370 g/mol. The van der Waals surface area contributed by atoms with Crippen LogP contribution in [0, 0.1) is 11.3 Å². The average molecular weight is 402 g/mol. The van der Waals surface area contributed by atoms with E-state index in [0.29, 0.717) is 12.1 Å². The van der Waals surface area contributed by atoms with Gasteiger partial charge in [-0.2, -0.15) is 5.26 Å². The molecular formula is C25H31N5. The molecule has 1 heterocycles. The van der Waals surface area contributed by atoms with Crippen molar-refractivity contribution in [3.05, 3.63) is 65.5 Å². The molecule has 3 aromatic rings. The number of hydrogen-bond donors (Lipinski definition) is 1. The van der Waals surface area contributed by atoms with Crippen LogP contribution in [0.1, 0.15) is 56.0 Å². The first-order valence-corrected chi connectivity index (χ1v) is 10.9. The largest absolute Gasteiger partial charge is 0.369 e. The van der Waals surface area contributed by atoms with Gasteiger partial charge in [0, 0.05) is 18.5 Å². The lowest BCUT2D eigenvalue weighted by atomic mass is 10.1. The van der Waals surface area contributed by atoms with E-state index in [1.54, 1.807) is 0 Å². The van der Waals surface area contributed by atoms with Gasteiger partial charge in [-0.25, -0.2) is 9.97 Å². The zero-order chi connectivity index (χ0) is 21.2. The molecule has 0 saturated carbocycles. The summed E-state index contributed by atoms with van der Waals surface area (Å²) in [6.07, 6.45) is 6.28. The summed E-state index contributed by atoms with van der Waals surface area (Å²) in [4.78, 5) is 11.8. The maximum atomic E-state index is 9.10. The van der Waals surface area contributed by atoms with Gasteiger partial charge >= 0.3 is 0 Å². The minimum Gasteiger partial charge on any atom is -0.369 e. The van der Waals surface area contributed by atoms with Gasteiger partial charge < -0.3 is 5.32 Å². The van der Waals surface area contributed by atoms with Crippen molar-refractivity contribution in [2.75, 3.05) is 18.9 Å². The minimum atomic E-state index is 0.646. The summed E-state index contributed by atoms with van der Waals surface area (Å²) < 4.78 is 0. The van der Waals surface area contributed by atoms with E-state index in [0.717, 1.165) is 47.6 Å². The summed E-state index contributed by atoms with van der Waals surface area (Å²) in [6.45, 7) is 4.56. The Morgan fingerprint density at radius 1 is 0.967 bits per heavy atom. The molecule has 5 heteroatoms. The standard InChI is InChI=1S/C25H31N5/c1-3-4-5-6-9-15-27-25-22-13-7-8-14-23(22)28-24(29-25)19-30(2)18-21-12-10-11-20(16-21)17-26/h7-8,10-14,16H,3-6,9,15,18-19H2,1-2H3,(H,27,28,29). The van der Waals surface area contributed by atoms with Gasteiger partial charge in [-0.05, 0) is 43.3 Å². The Kier molecular flexibility index (Phi) is 8.17. The molecule has 1 N–H and O–H groups in total. The van der Waals surface area contributed by atoms with Crippen molar-refractivity contribution in [3.63, 3.8) is 0 Å². The third-order valence-corrected chi connectivity index (χ3v) is 5.14. The van der Waals surface area contributed by atoms with Crippen LogP contribution in [0.3, 0.4) is 0 Å². The van der Waals surface area contributed by atoms with E-state index >= 15 is 0 Å². The summed E-state index contributed by atoms with van der Waals surface area (Å²) in [5.74, 6) is 1.73. The first-order chi connectivity index (χ1) is 14.7. The molecule has 0 aliphatic heterocycles. The summed E-state index contributed by atoms with van der Waals surface area (Å²) in [6, 6.07) is 18.1. The maximum Gasteiger partial charge on any atom is 0.145 e. The van der Waals surface area contributed by atoms with Crippen molar-refractivity contribution in [3.8, 4) is 6.07 Å². The lowest BCUT2D eigenvalue weighted by Gasteiger charge is -2.17. The highest BCUT2D eigenvalue weighted by Gasteiger charge is 2.10. The first-order valence-electron chi connectivity index (χ1n) is 10.9. The van der Waals surface area contributed by atoms with Crippen molar-refractivity contribution in [2.24, 2.45) is 0 Å². The van der Waals surface area contributed by atoms with E-state index in [1.807, 2.05) is 42.5 Å². The number of benzene rings is 2. The van der Waals surface area contributed by atoms with Gasteiger partial charge in [0.2, 0.25) is 0 Å². The molecule has 1 aromatic heterocycles. The number of fused-ring (bicyclic) bond motifs is 1. The van der Waals surface area contributed by atoms with Crippen LogP contribution in [0.4, 0.5) is 5.82 Å². The third kappa shape index (κ3) is 6.27. The van der Waals surface area contributed by atoms with Gasteiger partial charge in [0.15, 0.2) is 0 Å². The molecule has 0 unspecified atom stereocenters. The SMILES string of the molecule is CCCCCCCNc1nc(CN(C)Cc2cccc(C#N)c2)nc2ccccc12. The molecule has 0 saturated heterocycles. The molecule has 0 spiro atoms. The van der Waals surface area contributed by atoms with Crippen LogP contribution in [0.2, 0.25) is 0 Å². The van der Waals surface area contributed by atoms with Crippen LogP contribution in [-0.2, 0) is 13.1 Å². The highest BCUT2D eigenvalue weighted by molar-refractivity contribution is 5.88. The highest BCUT2D eigenvalue weighted by atomic mass is 15.1. The molecule has 156 valence electrons. The molecule has 0 atom stereocenters. The number of hydrogen-bond acceptors (Lipinski definition) is 5. The number of anilines is 1. The first kappa shape index (κ1) is 21.7. The number of rotatable bonds is 11. The number of nitrogens with one attached hydrogen (secondary N) is 1. The average Bonchev–Trinajstić information content (AvgIpc) is 2.76. The Morgan fingerprint density at radius 2 is 1.80 bits per heavy atom. The number of para-hydroxylation sites is 1. The zero-order valence-corrected chi connectivity index (χ0v) is 18.1. The number of unbranched alkanes of at least 4 members (excludes halogenated alkanes) is 4. The van der Waals surface area contributed by atoms with Crippen molar-refractivity contribution in [1.29, 1.82) is 5.26 Å². The summed E-state index contributed by atoms with van der Waals surface area (Å²) in [5, 5.41) is 13.7. The zero-order valence-electron chi connectivity index (χ0n) is 18.1.